The zero-order chi connectivity index (χ0) is 19.9. The van der Waals surface area contributed by atoms with Crippen molar-refractivity contribution in [1.29, 1.82) is 0 Å². The molecule has 0 saturated carbocycles. The van der Waals surface area contributed by atoms with Crippen molar-refractivity contribution in [3.05, 3.63) is 53.0 Å². The monoisotopic (exact) mass is 402 g/mol. The Labute approximate surface area is 161 Å². The van der Waals surface area contributed by atoms with Crippen LogP contribution in [0.3, 0.4) is 0 Å². The molecule has 4 rings (SSSR count). The number of rotatable bonds is 5. The van der Waals surface area contributed by atoms with Crippen LogP contribution >= 0.6 is 0 Å². The van der Waals surface area contributed by atoms with Crippen LogP contribution in [-0.2, 0) is 10.0 Å². The van der Waals surface area contributed by atoms with E-state index in [1.54, 1.807) is 6.20 Å². The number of aromatic amines is 1. The number of sulfonamides is 1. The molecule has 28 heavy (non-hydrogen) atoms. The summed E-state index contributed by atoms with van der Waals surface area (Å²) in [6, 6.07) is 7.19. The predicted molar refractivity (Wildman–Crippen MR) is 103 cm³/mol. The molecule has 1 N–H and O–H groups in total. The van der Waals surface area contributed by atoms with E-state index in [0.29, 0.717) is 17.9 Å². The number of nitro benzene ring substituents is 1. The highest BCUT2D eigenvalue weighted by Gasteiger charge is 2.38. The molecule has 1 saturated heterocycles. The van der Waals surface area contributed by atoms with Crippen LogP contribution < -0.4 is 4.90 Å². The van der Waals surface area contributed by atoms with Crippen molar-refractivity contribution < 1.29 is 13.3 Å². The molecule has 0 bridgehead atoms. The van der Waals surface area contributed by atoms with E-state index in [-0.39, 0.29) is 24.0 Å². The molecule has 0 spiro atoms. The Morgan fingerprint density at radius 1 is 1.29 bits per heavy atom. The third-order valence-electron chi connectivity index (χ3n) is 5.02. The molecule has 146 valence electrons. The van der Waals surface area contributed by atoms with Crippen LogP contribution in [0.5, 0.6) is 0 Å². The zero-order valence-electron chi connectivity index (χ0n) is 15.0. The van der Waals surface area contributed by atoms with Crippen molar-refractivity contribution in [2.24, 2.45) is 0 Å². The smallest absolute Gasteiger partial charge is 0.289 e. The largest absolute Gasteiger partial charge is 0.355 e. The summed E-state index contributed by atoms with van der Waals surface area (Å²) in [5.74, 6) is 0.709. The number of likely N-dealkylation sites (N-methyl/N-ethyl adjacent to an activating group) is 1. The first-order valence-electron chi connectivity index (χ1n) is 8.64. The molecule has 1 fully saturated rings. The Morgan fingerprint density at radius 3 is 2.86 bits per heavy atom. The molecular formula is C17H18N6O4S. The molecule has 1 atom stereocenters. The van der Waals surface area contributed by atoms with Gasteiger partial charge in [-0.15, -0.1) is 0 Å². The predicted octanol–water partition coefficient (Wildman–Crippen LogP) is 1.77. The minimum Gasteiger partial charge on any atom is -0.355 e. The first kappa shape index (κ1) is 18.3. The summed E-state index contributed by atoms with van der Waals surface area (Å²) in [5, 5.41) is 12.1. The van der Waals surface area contributed by atoms with Crippen molar-refractivity contribution >= 4 is 32.6 Å². The summed E-state index contributed by atoms with van der Waals surface area (Å²) in [6.07, 6.45) is 3.82. The molecule has 0 amide bonds. The van der Waals surface area contributed by atoms with Crippen LogP contribution in [0.15, 0.2) is 47.8 Å². The molecule has 0 radical (unpaired) electrons. The average molecular weight is 402 g/mol. The fourth-order valence-corrected chi connectivity index (χ4v) is 5.17. The van der Waals surface area contributed by atoms with E-state index < -0.39 is 20.6 Å². The molecule has 0 unspecified atom stereocenters. The molecule has 1 aliphatic rings. The Bertz CT molecular complexity index is 1150. The second-order valence-electron chi connectivity index (χ2n) is 6.58. The number of para-hydroxylation sites is 1. The minimum atomic E-state index is -3.97. The van der Waals surface area contributed by atoms with Crippen LogP contribution in [0.2, 0.25) is 0 Å². The van der Waals surface area contributed by atoms with Gasteiger partial charge in [-0.1, -0.05) is 12.1 Å². The van der Waals surface area contributed by atoms with Crippen molar-refractivity contribution in [3.8, 4) is 0 Å². The summed E-state index contributed by atoms with van der Waals surface area (Å²) in [6.45, 7) is 0.506. The number of nitrogens with one attached hydrogen (secondary N) is 1. The number of aromatic nitrogens is 3. The normalized spacial score (nSPS) is 17.8. The number of benzene rings is 1. The molecule has 1 aliphatic heterocycles. The van der Waals surface area contributed by atoms with E-state index >= 15 is 0 Å². The van der Waals surface area contributed by atoms with Gasteiger partial charge in [0.25, 0.3) is 5.69 Å². The maximum Gasteiger partial charge on any atom is 0.289 e. The van der Waals surface area contributed by atoms with E-state index in [2.05, 4.69) is 15.0 Å². The minimum absolute atomic E-state index is 0.106. The van der Waals surface area contributed by atoms with Crippen molar-refractivity contribution in [2.75, 3.05) is 25.0 Å². The average Bonchev–Trinajstić information content (AvgIpc) is 3.37. The van der Waals surface area contributed by atoms with Gasteiger partial charge in [-0.25, -0.2) is 18.4 Å². The van der Waals surface area contributed by atoms with Crippen LogP contribution in [0, 0.1) is 10.1 Å². The van der Waals surface area contributed by atoms with Gasteiger partial charge in [0.05, 0.1) is 10.3 Å². The van der Waals surface area contributed by atoms with Gasteiger partial charge in [0, 0.05) is 38.4 Å². The number of fused-ring (bicyclic) bond motifs is 1. The third-order valence-corrected chi connectivity index (χ3v) is 6.93. The second kappa shape index (κ2) is 6.84. The molecular weight excluding hydrogens is 384 g/mol. The van der Waals surface area contributed by atoms with Crippen LogP contribution in [0.1, 0.15) is 6.42 Å². The first-order chi connectivity index (χ1) is 13.4. The molecule has 3 aromatic rings. The lowest BCUT2D eigenvalue weighted by atomic mass is 10.2. The van der Waals surface area contributed by atoms with Crippen LogP contribution in [-0.4, -0.2) is 58.8 Å². The van der Waals surface area contributed by atoms with Gasteiger partial charge in [0.2, 0.25) is 10.0 Å². The van der Waals surface area contributed by atoms with Gasteiger partial charge >= 0.3 is 0 Å². The van der Waals surface area contributed by atoms with Gasteiger partial charge in [-0.05, 0) is 18.6 Å². The van der Waals surface area contributed by atoms with Gasteiger partial charge in [0.1, 0.15) is 17.8 Å². The summed E-state index contributed by atoms with van der Waals surface area (Å²) in [5.41, 5.74) is 0.295. The highest BCUT2D eigenvalue weighted by atomic mass is 32.2. The number of hydrogen-bond donors (Lipinski definition) is 1. The van der Waals surface area contributed by atoms with Crippen LogP contribution in [0.25, 0.3) is 11.0 Å². The van der Waals surface area contributed by atoms with E-state index in [1.165, 1.54) is 34.9 Å². The van der Waals surface area contributed by atoms with E-state index in [9.17, 15) is 18.5 Å². The summed E-state index contributed by atoms with van der Waals surface area (Å²) >= 11 is 0. The lowest BCUT2D eigenvalue weighted by molar-refractivity contribution is -0.387. The van der Waals surface area contributed by atoms with Gasteiger partial charge in [0.15, 0.2) is 4.90 Å². The highest BCUT2D eigenvalue weighted by Crippen LogP contribution is 2.31. The number of nitro groups is 1. The second-order valence-corrected chi connectivity index (χ2v) is 8.48. The molecule has 3 heterocycles. The maximum atomic E-state index is 13.0. The number of hydrogen-bond acceptors (Lipinski definition) is 7. The Kier molecular flexibility index (Phi) is 4.47. The van der Waals surface area contributed by atoms with Crippen molar-refractivity contribution in [3.63, 3.8) is 0 Å². The fourth-order valence-electron chi connectivity index (χ4n) is 3.52. The SMILES string of the molecule is CN(c1ncnc2[nH]ccc12)[C@@H]1CCN(S(=O)(=O)c2ccccc2[N+](=O)[O-])C1. The van der Waals surface area contributed by atoms with Gasteiger partial charge in [-0.2, -0.15) is 4.31 Å². The summed E-state index contributed by atoms with van der Waals surface area (Å²) < 4.78 is 27.3. The fraction of sp³-hybridized carbons (Fsp3) is 0.294. The standard InChI is InChI=1S/C17H18N6O4S/c1-21(17-13-6-8-18-16(13)19-11-20-17)12-7-9-22(10-12)28(26,27)15-5-3-2-4-14(15)23(24)25/h2-6,8,11-12H,7,9-10H2,1H3,(H,18,19,20)/t12-/m1/s1. The van der Waals surface area contributed by atoms with Gasteiger partial charge < -0.3 is 9.88 Å². The van der Waals surface area contributed by atoms with Gasteiger partial charge in [-0.3, -0.25) is 10.1 Å². The Morgan fingerprint density at radius 2 is 2.07 bits per heavy atom. The quantitative estimate of drug-likeness (QED) is 0.509. The van der Waals surface area contributed by atoms with Crippen molar-refractivity contribution in [2.45, 2.75) is 17.4 Å². The number of anilines is 1. The first-order valence-corrected chi connectivity index (χ1v) is 10.1. The van der Waals surface area contributed by atoms with E-state index in [1.807, 2.05) is 18.0 Å². The van der Waals surface area contributed by atoms with E-state index in [0.717, 1.165) is 5.39 Å². The zero-order valence-corrected chi connectivity index (χ0v) is 15.8. The summed E-state index contributed by atoms with van der Waals surface area (Å²) in [7, 11) is -2.11. The Hall–Kier alpha value is -3.05. The third kappa shape index (κ3) is 2.98. The molecule has 10 nitrogen and oxygen atoms in total. The lowest BCUT2D eigenvalue weighted by Gasteiger charge is -2.26. The van der Waals surface area contributed by atoms with E-state index in [4.69, 9.17) is 0 Å². The van der Waals surface area contributed by atoms with Crippen LogP contribution in [0.4, 0.5) is 11.5 Å². The maximum absolute atomic E-state index is 13.0. The lowest BCUT2D eigenvalue weighted by Crippen LogP contribution is -2.37. The molecule has 2 aromatic heterocycles. The highest BCUT2D eigenvalue weighted by molar-refractivity contribution is 7.89. The topological polar surface area (TPSA) is 125 Å². The molecule has 1 aromatic carbocycles. The summed E-state index contributed by atoms with van der Waals surface area (Å²) in [4.78, 5) is 23.8. The van der Waals surface area contributed by atoms with Crippen molar-refractivity contribution in [1.82, 2.24) is 19.3 Å². The molecule has 0 aliphatic carbocycles. The Balaban J connectivity index is 1.60. The number of H-pyrrole nitrogens is 1. The number of nitrogens with zero attached hydrogens (tertiary/aromatic N) is 5. The molecule has 11 heteroatoms.